The fourth-order valence-corrected chi connectivity index (χ4v) is 5.49. The molecule has 0 radical (unpaired) electrons. The standard InChI is InChI=1S/C31H35FN4O3/c1-20(33-28(37)26-14-15-35(5)34-26)21-6-8-22(9-7-21)27(23-10-12-25(32)13-11-23)24-16-31(17-24)18-36(19-31)29(38)39-30(2,3)4/h6-15,20H,16-19H2,1-5H3,(H,33,37)/t20-/m1/s1. The fraction of sp³-hybridized carbons (Fsp3) is 0.387. The van der Waals surface area contributed by atoms with Crippen molar-refractivity contribution < 1.29 is 18.7 Å². The molecule has 39 heavy (non-hydrogen) atoms. The van der Waals surface area contributed by atoms with Gasteiger partial charge < -0.3 is 15.0 Å². The zero-order valence-electron chi connectivity index (χ0n) is 23.1. The first kappa shape index (κ1) is 26.7. The predicted molar refractivity (Wildman–Crippen MR) is 147 cm³/mol. The molecule has 204 valence electrons. The molecule has 2 aliphatic rings. The number of aromatic nitrogens is 2. The highest BCUT2D eigenvalue weighted by Gasteiger charge is 2.53. The molecule has 1 atom stereocenters. The third-order valence-electron chi connectivity index (χ3n) is 7.36. The second-order valence-electron chi connectivity index (χ2n) is 11.9. The number of carbonyl (C=O) groups is 2. The number of hydrogen-bond acceptors (Lipinski definition) is 4. The van der Waals surface area contributed by atoms with Gasteiger partial charge in [-0.2, -0.15) is 5.10 Å². The minimum absolute atomic E-state index is 0.0850. The summed E-state index contributed by atoms with van der Waals surface area (Å²) in [6, 6.07) is 16.3. The van der Waals surface area contributed by atoms with Gasteiger partial charge in [-0.05, 0) is 81.0 Å². The van der Waals surface area contributed by atoms with Gasteiger partial charge in [0.1, 0.15) is 17.1 Å². The number of benzene rings is 2. The van der Waals surface area contributed by atoms with E-state index >= 15 is 0 Å². The maximum atomic E-state index is 13.7. The average Bonchev–Trinajstić information content (AvgIpc) is 3.26. The summed E-state index contributed by atoms with van der Waals surface area (Å²) in [7, 11) is 1.78. The highest BCUT2D eigenvalue weighted by Crippen LogP contribution is 2.54. The lowest BCUT2D eigenvalue weighted by Gasteiger charge is -2.57. The molecule has 1 saturated carbocycles. The molecule has 2 heterocycles. The predicted octanol–water partition coefficient (Wildman–Crippen LogP) is 5.88. The molecule has 1 aromatic heterocycles. The number of likely N-dealkylation sites (tertiary alicyclic amines) is 1. The van der Waals surface area contributed by atoms with Crippen LogP contribution in [0.15, 0.2) is 66.4 Å². The molecule has 1 aliphatic heterocycles. The molecule has 2 amide bonds. The van der Waals surface area contributed by atoms with E-state index in [0.717, 1.165) is 35.1 Å². The molecule has 7 nitrogen and oxygen atoms in total. The Hall–Kier alpha value is -3.94. The third kappa shape index (κ3) is 5.75. The van der Waals surface area contributed by atoms with Gasteiger partial charge in [0.15, 0.2) is 0 Å². The van der Waals surface area contributed by atoms with Crippen molar-refractivity contribution >= 4 is 17.6 Å². The molecule has 8 heteroatoms. The Kier molecular flexibility index (Phi) is 6.83. The van der Waals surface area contributed by atoms with E-state index in [1.54, 1.807) is 28.9 Å². The van der Waals surface area contributed by atoms with Gasteiger partial charge in [0.2, 0.25) is 0 Å². The molecule has 1 saturated heterocycles. The molecule has 0 unspecified atom stereocenters. The minimum atomic E-state index is -0.509. The smallest absolute Gasteiger partial charge is 0.410 e. The summed E-state index contributed by atoms with van der Waals surface area (Å²) in [5.74, 6) is -0.491. The van der Waals surface area contributed by atoms with Crippen molar-refractivity contribution in [2.75, 3.05) is 13.1 Å². The lowest BCUT2D eigenvalue weighted by molar-refractivity contribution is -0.0500. The van der Waals surface area contributed by atoms with Gasteiger partial charge in [-0.15, -0.1) is 0 Å². The van der Waals surface area contributed by atoms with E-state index in [2.05, 4.69) is 22.5 Å². The number of amides is 2. The van der Waals surface area contributed by atoms with Gasteiger partial charge in [0, 0.05) is 31.7 Å². The lowest BCUT2D eigenvalue weighted by Crippen LogP contribution is -2.62. The normalized spacial score (nSPS) is 16.8. The van der Waals surface area contributed by atoms with E-state index in [1.165, 1.54) is 17.7 Å². The Labute approximate surface area is 228 Å². The van der Waals surface area contributed by atoms with Crippen LogP contribution in [0.2, 0.25) is 0 Å². The van der Waals surface area contributed by atoms with E-state index in [4.69, 9.17) is 4.74 Å². The van der Waals surface area contributed by atoms with Crippen molar-refractivity contribution in [3.63, 3.8) is 0 Å². The molecule has 1 aliphatic carbocycles. The summed E-state index contributed by atoms with van der Waals surface area (Å²) in [6.07, 6.45) is 3.25. The van der Waals surface area contributed by atoms with Crippen molar-refractivity contribution in [2.45, 2.75) is 52.2 Å². The summed E-state index contributed by atoms with van der Waals surface area (Å²) >= 11 is 0. The molecule has 2 fully saturated rings. The molecule has 3 aromatic rings. The van der Waals surface area contributed by atoms with E-state index in [-0.39, 0.29) is 29.3 Å². The quantitative estimate of drug-likeness (QED) is 0.447. The van der Waals surface area contributed by atoms with Gasteiger partial charge in [-0.25, -0.2) is 9.18 Å². The van der Waals surface area contributed by atoms with Crippen LogP contribution in [-0.4, -0.2) is 45.4 Å². The topological polar surface area (TPSA) is 76.5 Å². The summed E-state index contributed by atoms with van der Waals surface area (Å²) < 4.78 is 20.9. The van der Waals surface area contributed by atoms with Crippen molar-refractivity contribution in [1.82, 2.24) is 20.0 Å². The van der Waals surface area contributed by atoms with Gasteiger partial charge >= 0.3 is 6.09 Å². The Morgan fingerprint density at radius 3 is 2.13 bits per heavy atom. The number of rotatable bonds is 5. The monoisotopic (exact) mass is 530 g/mol. The van der Waals surface area contributed by atoms with Crippen LogP contribution in [0.25, 0.3) is 5.57 Å². The molecule has 1 spiro atoms. The van der Waals surface area contributed by atoms with Crippen molar-refractivity contribution in [3.8, 4) is 0 Å². The first-order valence-corrected chi connectivity index (χ1v) is 13.3. The third-order valence-corrected chi connectivity index (χ3v) is 7.36. The highest BCUT2D eigenvalue weighted by molar-refractivity contribution is 5.92. The Morgan fingerprint density at radius 1 is 1.00 bits per heavy atom. The molecular formula is C31H35FN4O3. The van der Waals surface area contributed by atoms with Crippen LogP contribution in [0, 0.1) is 11.2 Å². The lowest BCUT2D eigenvalue weighted by atomic mass is 9.59. The number of carbonyl (C=O) groups excluding carboxylic acids is 2. The summed E-state index contributed by atoms with van der Waals surface area (Å²) in [6.45, 7) is 8.95. The van der Waals surface area contributed by atoms with Crippen molar-refractivity contribution in [3.05, 3.63) is 94.6 Å². The number of aryl methyl sites for hydroxylation is 1. The van der Waals surface area contributed by atoms with Gasteiger partial charge in [-0.1, -0.05) is 42.0 Å². The molecule has 5 rings (SSSR count). The number of hydrogen-bond donors (Lipinski definition) is 1. The first-order valence-electron chi connectivity index (χ1n) is 13.3. The van der Waals surface area contributed by atoms with Crippen LogP contribution in [-0.2, 0) is 11.8 Å². The Balaban J connectivity index is 1.32. The summed E-state index contributed by atoms with van der Waals surface area (Å²) in [5.41, 5.74) is 5.35. The maximum Gasteiger partial charge on any atom is 0.410 e. The largest absolute Gasteiger partial charge is 0.444 e. The number of halogens is 1. The first-order chi connectivity index (χ1) is 18.4. The number of nitrogens with zero attached hydrogens (tertiary/aromatic N) is 3. The zero-order valence-corrected chi connectivity index (χ0v) is 23.1. The second-order valence-corrected chi connectivity index (χ2v) is 11.9. The van der Waals surface area contributed by atoms with Gasteiger partial charge in [0.05, 0.1) is 6.04 Å². The van der Waals surface area contributed by atoms with Crippen LogP contribution in [0.1, 0.15) is 73.8 Å². The van der Waals surface area contributed by atoms with Gasteiger partial charge in [-0.3, -0.25) is 9.48 Å². The van der Waals surface area contributed by atoms with Gasteiger partial charge in [0.25, 0.3) is 5.91 Å². The SMILES string of the molecule is C[C@@H](NC(=O)c1ccn(C)n1)c1ccc(C(=C2CC3(C2)CN(C(=O)OC(C)(C)C)C3)c2ccc(F)cc2)cc1. The van der Waals surface area contributed by atoms with Crippen LogP contribution in [0.5, 0.6) is 0 Å². The Bertz CT molecular complexity index is 1400. The highest BCUT2D eigenvalue weighted by atomic mass is 19.1. The zero-order chi connectivity index (χ0) is 27.9. The van der Waals surface area contributed by atoms with Crippen LogP contribution in [0.3, 0.4) is 0 Å². The van der Waals surface area contributed by atoms with Crippen LogP contribution in [0.4, 0.5) is 9.18 Å². The minimum Gasteiger partial charge on any atom is -0.444 e. The van der Waals surface area contributed by atoms with E-state index in [1.807, 2.05) is 52.0 Å². The number of allylic oxidation sites excluding steroid dienone is 1. The maximum absolute atomic E-state index is 13.7. The average molecular weight is 531 g/mol. The Morgan fingerprint density at radius 2 is 1.59 bits per heavy atom. The second kappa shape index (κ2) is 9.98. The van der Waals surface area contributed by atoms with E-state index in [9.17, 15) is 14.0 Å². The summed E-state index contributed by atoms with van der Waals surface area (Å²) in [4.78, 5) is 26.7. The van der Waals surface area contributed by atoms with Crippen molar-refractivity contribution in [2.24, 2.45) is 12.5 Å². The fourth-order valence-electron chi connectivity index (χ4n) is 5.49. The van der Waals surface area contributed by atoms with E-state index in [0.29, 0.717) is 18.8 Å². The molecule has 1 N–H and O–H groups in total. The van der Waals surface area contributed by atoms with E-state index < -0.39 is 5.60 Å². The molecular weight excluding hydrogens is 495 g/mol. The number of nitrogens with one attached hydrogen (secondary N) is 1. The van der Waals surface area contributed by atoms with Crippen LogP contribution < -0.4 is 5.32 Å². The summed E-state index contributed by atoms with van der Waals surface area (Å²) in [5, 5.41) is 7.17. The number of ether oxygens (including phenoxy) is 1. The van der Waals surface area contributed by atoms with Crippen molar-refractivity contribution in [1.29, 1.82) is 0 Å². The van der Waals surface area contributed by atoms with Crippen LogP contribution >= 0.6 is 0 Å². The molecule has 0 bridgehead atoms. The molecule has 2 aromatic carbocycles.